The number of aromatic amines is 1. The topological polar surface area (TPSA) is 125 Å². The van der Waals surface area contributed by atoms with Gasteiger partial charge in [-0.25, -0.2) is 14.5 Å². The lowest BCUT2D eigenvalue weighted by atomic mass is 10.0. The second kappa shape index (κ2) is 6.95. The third-order valence-electron chi connectivity index (χ3n) is 3.83. The number of rotatable bonds is 5. The summed E-state index contributed by atoms with van der Waals surface area (Å²) < 4.78 is 30.5. The van der Waals surface area contributed by atoms with Crippen LogP contribution >= 0.6 is 7.60 Å². The van der Waals surface area contributed by atoms with E-state index >= 15 is 0 Å². The standard InChI is InChI=1S/C16H15FN3O5P/c1-25-13-7-11-8-18-20-16(21)14(11)15(19-13)10-3-2-9(12(17)6-10)4-5-26(22,23)24/h2-3,6-8H,4-5H2,1H3,(H,20,21)(H2,22,23,24). The van der Waals surface area contributed by atoms with Crippen molar-refractivity contribution in [2.24, 2.45) is 0 Å². The Morgan fingerprint density at radius 1 is 1.31 bits per heavy atom. The van der Waals surface area contributed by atoms with Crippen LogP contribution in [-0.2, 0) is 11.0 Å². The predicted octanol–water partition coefficient (Wildman–Crippen LogP) is 1.85. The molecule has 10 heteroatoms. The Kier molecular flexibility index (Phi) is 4.86. The lowest BCUT2D eigenvalue weighted by Crippen LogP contribution is -2.10. The van der Waals surface area contributed by atoms with E-state index in [0.29, 0.717) is 10.9 Å². The van der Waals surface area contributed by atoms with Crippen LogP contribution < -0.4 is 10.3 Å². The Labute approximate surface area is 146 Å². The van der Waals surface area contributed by atoms with Gasteiger partial charge in [-0.05, 0) is 18.1 Å². The van der Waals surface area contributed by atoms with Crippen molar-refractivity contribution in [2.45, 2.75) is 6.42 Å². The highest BCUT2D eigenvalue weighted by molar-refractivity contribution is 7.51. The maximum absolute atomic E-state index is 14.4. The van der Waals surface area contributed by atoms with Gasteiger partial charge in [0.05, 0.1) is 30.5 Å². The number of H-pyrrole nitrogens is 1. The monoisotopic (exact) mass is 379 g/mol. The van der Waals surface area contributed by atoms with Crippen LogP contribution in [0.5, 0.6) is 5.88 Å². The minimum Gasteiger partial charge on any atom is -0.481 e. The molecule has 3 aromatic rings. The molecule has 0 radical (unpaired) electrons. The molecule has 8 nitrogen and oxygen atoms in total. The highest BCUT2D eigenvalue weighted by Gasteiger charge is 2.17. The number of pyridine rings is 1. The Hall–Kier alpha value is -2.61. The molecule has 26 heavy (non-hydrogen) atoms. The number of fused-ring (bicyclic) bond motifs is 1. The number of halogens is 1. The maximum atomic E-state index is 14.4. The molecule has 0 atom stereocenters. The van der Waals surface area contributed by atoms with E-state index in [0.717, 1.165) is 0 Å². The van der Waals surface area contributed by atoms with Crippen molar-refractivity contribution < 1.29 is 23.5 Å². The number of hydrogen-bond acceptors (Lipinski definition) is 5. The molecule has 2 aromatic heterocycles. The van der Waals surface area contributed by atoms with Gasteiger partial charge in [-0.2, -0.15) is 5.10 Å². The zero-order valence-corrected chi connectivity index (χ0v) is 14.5. The van der Waals surface area contributed by atoms with Gasteiger partial charge in [0.1, 0.15) is 5.82 Å². The van der Waals surface area contributed by atoms with Crippen LogP contribution in [0.1, 0.15) is 5.56 Å². The van der Waals surface area contributed by atoms with Crippen LogP contribution in [0.4, 0.5) is 4.39 Å². The first kappa shape index (κ1) is 18.2. The summed E-state index contributed by atoms with van der Waals surface area (Å²) in [5, 5.41) is 6.78. The molecule has 0 amide bonds. The summed E-state index contributed by atoms with van der Waals surface area (Å²) in [6, 6.07) is 5.68. The van der Waals surface area contributed by atoms with Crippen molar-refractivity contribution in [1.82, 2.24) is 15.2 Å². The zero-order chi connectivity index (χ0) is 18.9. The third-order valence-corrected chi connectivity index (χ3v) is 4.64. The smallest absolute Gasteiger partial charge is 0.325 e. The van der Waals surface area contributed by atoms with E-state index in [2.05, 4.69) is 15.2 Å². The SMILES string of the molecule is COc1cc2cn[nH]c(=O)c2c(-c2ccc(CCP(=O)(O)O)c(F)c2)n1. The van der Waals surface area contributed by atoms with Gasteiger partial charge in [-0.15, -0.1) is 0 Å². The molecule has 1 aromatic carbocycles. The summed E-state index contributed by atoms with van der Waals surface area (Å²) in [4.78, 5) is 34.3. The number of aryl methyl sites for hydroxylation is 1. The summed E-state index contributed by atoms with van der Waals surface area (Å²) in [7, 11) is -2.80. The van der Waals surface area contributed by atoms with Crippen LogP contribution in [0.3, 0.4) is 0 Å². The van der Waals surface area contributed by atoms with E-state index in [-0.39, 0.29) is 28.9 Å². The summed E-state index contributed by atoms with van der Waals surface area (Å²) in [5.41, 5.74) is 0.255. The van der Waals surface area contributed by atoms with Crippen LogP contribution in [0, 0.1) is 5.82 Å². The largest absolute Gasteiger partial charge is 0.481 e. The number of ether oxygens (including phenoxy) is 1. The first-order valence-electron chi connectivity index (χ1n) is 7.54. The number of benzene rings is 1. The predicted molar refractivity (Wildman–Crippen MR) is 92.7 cm³/mol. The fourth-order valence-corrected chi connectivity index (χ4v) is 3.11. The van der Waals surface area contributed by atoms with Crippen molar-refractivity contribution in [3.8, 4) is 17.1 Å². The number of hydrogen-bond donors (Lipinski definition) is 3. The van der Waals surface area contributed by atoms with Gasteiger partial charge >= 0.3 is 7.60 Å². The highest BCUT2D eigenvalue weighted by Crippen LogP contribution is 2.35. The van der Waals surface area contributed by atoms with Gasteiger partial charge in [0, 0.05) is 17.0 Å². The molecule has 0 fully saturated rings. The minimum atomic E-state index is -4.22. The van der Waals surface area contributed by atoms with Gasteiger partial charge in [0.15, 0.2) is 0 Å². The molecule has 0 unspecified atom stereocenters. The molecular weight excluding hydrogens is 364 g/mol. The van der Waals surface area contributed by atoms with E-state index in [1.807, 2.05) is 0 Å². The number of methoxy groups -OCH3 is 1. The Bertz CT molecular complexity index is 1080. The minimum absolute atomic E-state index is 0.104. The summed E-state index contributed by atoms with van der Waals surface area (Å²) in [6.45, 7) is 0. The van der Waals surface area contributed by atoms with Crippen molar-refractivity contribution in [3.63, 3.8) is 0 Å². The Morgan fingerprint density at radius 3 is 2.73 bits per heavy atom. The number of nitrogens with one attached hydrogen (secondary N) is 1. The average molecular weight is 379 g/mol. The van der Waals surface area contributed by atoms with Gasteiger partial charge in [-0.3, -0.25) is 9.36 Å². The Morgan fingerprint density at radius 2 is 2.08 bits per heavy atom. The van der Waals surface area contributed by atoms with E-state index in [1.165, 1.54) is 25.4 Å². The van der Waals surface area contributed by atoms with E-state index in [9.17, 15) is 13.8 Å². The van der Waals surface area contributed by atoms with Crippen LogP contribution in [0.25, 0.3) is 22.0 Å². The van der Waals surface area contributed by atoms with Gasteiger partial charge in [-0.1, -0.05) is 12.1 Å². The lowest BCUT2D eigenvalue weighted by Gasteiger charge is -2.10. The van der Waals surface area contributed by atoms with Crippen molar-refractivity contribution in [2.75, 3.05) is 13.3 Å². The first-order chi connectivity index (χ1) is 12.3. The molecule has 0 saturated carbocycles. The van der Waals surface area contributed by atoms with E-state index in [1.54, 1.807) is 12.1 Å². The average Bonchev–Trinajstić information content (AvgIpc) is 2.59. The fraction of sp³-hybridized carbons (Fsp3) is 0.188. The summed E-state index contributed by atoms with van der Waals surface area (Å²) in [6.07, 6.45) is 0.886. The summed E-state index contributed by atoms with van der Waals surface area (Å²) >= 11 is 0. The molecule has 3 rings (SSSR count). The van der Waals surface area contributed by atoms with Gasteiger partial charge in [0.2, 0.25) is 5.88 Å². The van der Waals surface area contributed by atoms with Crippen LogP contribution in [0.2, 0.25) is 0 Å². The second-order valence-electron chi connectivity index (χ2n) is 5.62. The second-order valence-corrected chi connectivity index (χ2v) is 7.40. The molecule has 2 heterocycles. The zero-order valence-electron chi connectivity index (χ0n) is 13.6. The van der Waals surface area contributed by atoms with Gasteiger partial charge < -0.3 is 14.5 Å². The van der Waals surface area contributed by atoms with E-state index < -0.39 is 25.1 Å². The molecule has 0 aliphatic heterocycles. The van der Waals surface area contributed by atoms with Crippen molar-refractivity contribution in [3.05, 3.63) is 52.2 Å². The molecule has 3 N–H and O–H groups in total. The lowest BCUT2D eigenvalue weighted by molar-refractivity contribution is 0.372. The Balaban J connectivity index is 2.11. The van der Waals surface area contributed by atoms with Crippen LogP contribution in [-0.4, -0.2) is 38.2 Å². The van der Waals surface area contributed by atoms with Crippen molar-refractivity contribution in [1.29, 1.82) is 0 Å². The number of nitrogens with zero attached hydrogens (tertiary/aromatic N) is 2. The quantitative estimate of drug-likeness (QED) is 0.578. The molecule has 0 aliphatic rings. The van der Waals surface area contributed by atoms with Crippen LogP contribution in [0.15, 0.2) is 35.3 Å². The van der Waals surface area contributed by atoms with Crippen molar-refractivity contribution >= 4 is 18.4 Å². The number of aromatic nitrogens is 3. The van der Waals surface area contributed by atoms with Gasteiger partial charge in [0.25, 0.3) is 5.56 Å². The molecule has 136 valence electrons. The summed E-state index contributed by atoms with van der Waals surface area (Å²) in [5.74, 6) is -0.398. The maximum Gasteiger partial charge on any atom is 0.325 e. The molecule has 0 aliphatic carbocycles. The van der Waals surface area contributed by atoms with E-state index in [4.69, 9.17) is 14.5 Å². The molecule has 0 bridgehead atoms. The fourth-order valence-electron chi connectivity index (χ4n) is 2.57. The molecule has 0 spiro atoms. The normalized spacial score (nSPS) is 11.7. The first-order valence-corrected chi connectivity index (χ1v) is 9.34. The molecule has 0 saturated heterocycles. The molecular formula is C16H15FN3O5P. The highest BCUT2D eigenvalue weighted by atomic mass is 31.2. The third kappa shape index (κ3) is 3.80.